The first-order valence-corrected chi connectivity index (χ1v) is 7.02. The summed E-state index contributed by atoms with van der Waals surface area (Å²) < 4.78 is 5.17. The summed E-state index contributed by atoms with van der Waals surface area (Å²) >= 11 is 1.82. The van der Waals surface area contributed by atoms with Crippen LogP contribution in [0.15, 0.2) is 41.8 Å². The van der Waals surface area contributed by atoms with Crippen LogP contribution in [-0.4, -0.2) is 20.2 Å². The number of nitrogens with one attached hydrogen (secondary N) is 1. The van der Waals surface area contributed by atoms with Gasteiger partial charge in [-0.15, -0.1) is 11.3 Å². The van der Waals surface area contributed by atoms with Gasteiger partial charge in [-0.1, -0.05) is 18.2 Å². The van der Waals surface area contributed by atoms with E-state index in [0.717, 1.165) is 18.6 Å². The largest absolute Gasteiger partial charge is 0.497 e. The summed E-state index contributed by atoms with van der Waals surface area (Å²) in [6.45, 7) is 0. The number of likely N-dealkylation sites (N-methyl/N-ethyl adjacent to an activating group) is 1. The molecular formula is C15H19NOS. The molecule has 0 amide bonds. The van der Waals surface area contributed by atoms with Crippen LogP contribution >= 0.6 is 11.3 Å². The maximum absolute atomic E-state index is 5.17. The normalized spacial score (nSPS) is 12.3. The van der Waals surface area contributed by atoms with Gasteiger partial charge < -0.3 is 10.1 Å². The van der Waals surface area contributed by atoms with Crippen LogP contribution in [0.5, 0.6) is 5.75 Å². The third kappa shape index (κ3) is 3.59. The van der Waals surface area contributed by atoms with Crippen LogP contribution < -0.4 is 10.1 Å². The molecule has 2 nitrogen and oxygen atoms in total. The molecule has 0 aliphatic rings. The first kappa shape index (κ1) is 13.1. The lowest BCUT2D eigenvalue weighted by Crippen LogP contribution is -2.29. The van der Waals surface area contributed by atoms with Gasteiger partial charge in [0.15, 0.2) is 0 Å². The molecule has 1 atom stereocenters. The highest BCUT2D eigenvalue weighted by Gasteiger charge is 2.09. The number of benzene rings is 1. The zero-order chi connectivity index (χ0) is 12.8. The molecule has 18 heavy (non-hydrogen) atoms. The lowest BCUT2D eigenvalue weighted by Gasteiger charge is -2.15. The predicted octanol–water partition coefficient (Wildman–Crippen LogP) is 3.13. The van der Waals surface area contributed by atoms with Crippen molar-refractivity contribution < 1.29 is 4.74 Å². The molecule has 0 aliphatic heterocycles. The number of methoxy groups -OCH3 is 1. The number of rotatable bonds is 6. The van der Waals surface area contributed by atoms with E-state index in [0.29, 0.717) is 6.04 Å². The summed E-state index contributed by atoms with van der Waals surface area (Å²) in [4.78, 5) is 1.43. The molecule has 0 aliphatic carbocycles. The summed E-state index contributed by atoms with van der Waals surface area (Å²) in [6, 6.07) is 13.1. The van der Waals surface area contributed by atoms with E-state index in [9.17, 15) is 0 Å². The van der Waals surface area contributed by atoms with Crippen molar-refractivity contribution in [1.29, 1.82) is 0 Å². The van der Waals surface area contributed by atoms with Crippen LogP contribution in [0.4, 0.5) is 0 Å². The summed E-state index contributed by atoms with van der Waals surface area (Å²) in [5, 5.41) is 5.53. The van der Waals surface area contributed by atoms with Crippen molar-refractivity contribution in [1.82, 2.24) is 5.32 Å². The Balaban J connectivity index is 1.96. The molecule has 0 bridgehead atoms. The quantitative estimate of drug-likeness (QED) is 0.862. The highest BCUT2D eigenvalue weighted by molar-refractivity contribution is 7.09. The van der Waals surface area contributed by atoms with Gasteiger partial charge in [-0.25, -0.2) is 0 Å². The Hall–Kier alpha value is -1.32. The third-order valence-electron chi connectivity index (χ3n) is 3.08. The number of hydrogen-bond donors (Lipinski definition) is 1. The standard InChI is InChI=1S/C15H19NOS/c1-16-13(11-15-4-3-9-18-15)10-12-5-7-14(17-2)8-6-12/h3-9,13,16H,10-11H2,1-2H3. The van der Waals surface area contributed by atoms with Crippen molar-refractivity contribution in [3.8, 4) is 5.75 Å². The van der Waals surface area contributed by atoms with Gasteiger partial charge in [0.05, 0.1) is 7.11 Å². The van der Waals surface area contributed by atoms with E-state index in [1.54, 1.807) is 7.11 Å². The highest BCUT2D eigenvalue weighted by atomic mass is 32.1. The minimum atomic E-state index is 0.483. The van der Waals surface area contributed by atoms with Crippen molar-refractivity contribution >= 4 is 11.3 Å². The molecule has 96 valence electrons. The highest BCUT2D eigenvalue weighted by Crippen LogP contribution is 2.16. The van der Waals surface area contributed by atoms with Crippen molar-refractivity contribution in [2.75, 3.05) is 14.2 Å². The van der Waals surface area contributed by atoms with Crippen LogP contribution in [-0.2, 0) is 12.8 Å². The van der Waals surface area contributed by atoms with Crippen molar-refractivity contribution in [2.45, 2.75) is 18.9 Å². The lowest BCUT2D eigenvalue weighted by molar-refractivity contribution is 0.414. The maximum atomic E-state index is 5.17. The SMILES string of the molecule is CNC(Cc1ccc(OC)cc1)Cc1cccs1. The zero-order valence-corrected chi connectivity index (χ0v) is 11.7. The van der Waals surface area contributed by atoms with Gasteiger partial charge in [0.25, 0.3) is 0 Å². The van der Waals surface area contributed by atoms with Gasteiger partial charge >= 0.3 is 0 Å². The molecule has 2 aromatic rings. The fourth-order valence-corrected chi connectivity index (χ4v) is 2.78. The van der Waals surface area contributed by atoms with E-state index < -0.39 is 0 Å². The Bertz CT molecular complexity index is 450. The Morgan fingerprint density at radius 3 is 2.50 bits per heavy atom. The summed E-state index contributed by atoms with van der Waals surface area (Å²) in [5.74, 6) is 0.915. The molecule has 0 saturated carbocycles. The Morgan fingerprint density at radius 2 is 1.94 bits per heavy atom. The van der Waals surface area contributed by atoms with Gasteiger partial charge in [-0.2, -0.15) is 0 Å². The van der Waals surface area contributed by atoms with Crippen LogP contribution in [0.3, 0.4) is 0 Å². The molecule has 1 aromatic heterocycles. The second-order valence-electron chi connectivity index (χ2n) is 4.32. The Labute approximate surface area is 113 Å². The molecule has 0 fully saturated rings. The molecule has 3 heteroatoms. The molecule has 0 spiro atoms. The van der Waals surface area contributed by atoms with Gasteiger partial charge in [0.2, 0.25) is 0 Å². The lowest BCUT2D eigenvalue weighted by atomic mass is 10.0. The van der Waals surface area contributed by atoms with E-state index in [1.165, 1.54) is 10.4 Å². The fraction of sp³-hybridized carbons (Fsp3) is 0.333. The van der Waals surface area contributed by atoms with E-state index in [-0.39, 0.29) is 0 Å². The molecule has 1 N–H and O–H groups in total. The van der Waals surface area contributed by atoms with E-state index >= 15 is 0 Å². The van der Waals surface area contributed by atoms with E-state index in [1.807, 2.05) is 30.5 Å². The first-order chi connectivity index (χ1) is 8.81. The average Bonchev–Trinajstić information content (AvgIpc) is 2.91. The van der Waals surface area contributed by atoms with Crippen LogP contribution in [0.2, 0.25) is 0 Å². The summed E-state index contributed by atoms with van der Waals surface area (Å²) in [7, 11) is 3.73. The molecular weight excluding hydrogens is 242 g/mol. The second kappa shape index (κ2) is 6.57. The molecule has 1 unspecified atom stereocenters. The average molecular weight is 261 g/mol. The summed E-state index contributed by atoms with van der Waals surface area (Å²) in [5.41, 5.74) is 1.34. The maximum Gasteiger partial charge on any atom is 0.118 e. The monoisotopic (exact) mass is 261 g/mol. The van der Waals surface area contributed by atoms with Crippen molar-refractivity contribution in [2.24, 2.45) is 0 Å². The molecule has 0 radical (unpaired) electrons. The number of hydrogen-bond acceptors (Lipinski definition) is 3. The second-order valence-corrected chi connectivity index (χ2v) is 5.35. The molecule has 1 aromatic carbocycles. The number of thiophene rings is 1. The zero-order valence-electron chi connectivity index (χ0n) is 10.8. The number of ether oxygens (including phenoxy) is 1. The fourth-order valence-electron chi connectivity index (χ4n) is 1.99. The van der Waals surface area contributed by atoms with Gasteiger partial charge in [0, 0.05) is 10.9 Å². The van der Waals surface area contributed by atoms with Crippen LogP contribution in [0.1, 0.15) is 10.4 Å². The van der Waals surface area contributed by atoms with Crippen LogP contribution in [0.25, 0.3) is 0 Å². The Morgan fingerprint density at radius 1 is 1.17 bits per heavy atom. The third-order valence-corrected chi connectivity index (χ3v) is 3.98. The predicted molar refractivity (Wildman–Crippen MR) is 77.6 cm³/mol. The molecule has 0 saturated heterocycles. The first-order valence-electron chi connectivity index (χ1n) is 6.14. The van der Waals surface area contributed by atoms with Crippen LogP contribution in [0, 0.1) is 0 Å². The van der Waals surface area contributed by atoms with Crippen molar-refractivity contribution in [3.63, 3.8) is 0 Å². The smallest absolute Gasteiger partial charge is 0.118 e. The van der Waals surface area contributed by atoms with E-state index in [4.69, 9.17) is 4.74 Å². The van der Waals surface area contributed by atoms with Gasteiger partial charge in [0.1, 0.15) is 5.75 Å². The van der Waals surface area contributed by atoms with Gasteiger partial charge in [-0.05, 0) is 49.0 Å². The van der Waals surface area contributed by atoms with E-state index in [2.05, 4.69) is 35.0 Å². The van der Waals surface area contributed by atoms with Crippen molar-refractivity contribution in [3.05, 3.63) is 52.2 Å². The molecule has 2 rings (SSSR count). The van der Waals surface area contributed by atoms with Gasteiger partial charge in [-0.3, -0.25) is 0 Å². The minimum absolute atomic E-state index is 0.483. The Kier molecular flexibility index (Phi) is 4.79. The minimum Gasteiger partial charge on any atom is -0.497 e. The molecule has 1 heterocycles. The summed E-state index contributed by atoms with van der Waals surface area (Å²) in [6.07, 6.45) is 2.12. The topological polar surface area (TPSA) is 21.3 Å².